The molecule has 5 heteroatoms. The highest BCUT2D eigenvalue weighted by atomic mass is 19.3. The fourth-order valence-corrected chi connectivity index (χ4v) is 1.55. The molecule has 0 amide bonds. The number of halogens is 4. The van der Waals surface area contributed by atoms with Crippen molar-refractivity contribution in [3.8, 4) is 0 Å². The van der Waals surface area contributed by atoms with Crippen LogP contribution in [0.2, 0.25) is 0 Å². The Hall–Kier alpha value is -1.62. The lowest BCUT2D eigenvalue weighted by Gasteiger charge is -2.28. The molecule has 0 aliphatic rings. The van der Waals surface area contributed by atoms with E-state index in [2.05, 4.69) is 26.3 Å². The van der Waals surface area contributed by atoms with Gasteiger partial charge in [0.15, 0.2) is 0 Å². The number of hydrogen-bond acceptors (Lipinski definition) is 1. The summed E-state index contributed by atoms with van der Waals surface area (Å²) in [6.45, 7) is 20.2. The number of allylic oxidation sites excluding steroid dienone is 4. The van der Waals surface area contributed by atoms with E-state index < -0.39 is 23.0 Å². The Morgan fingerprint density at radius 2 is 1.46 bits per heavy atom. The third-order valence-corrected chi connectivity index (χ3v) is 3.40. The zero-order valence-corrected chi connectivity index (χ0v) is 14.8. The minimum atomic E-state index is -4.47. The first kappa shape index (κ1) is 22.4. The molecule has 0 heterocycles. The topological polar surface area (TPSA) is 9.23 Å². The first-order valence-electron chi connectivity index (χ1n) is 7.53. The van der Waals surface area contributed by atoms with Crippen molar-refractivity contribution in [1.82, 2.24) is 0 Å². The largest absolute Gasteiger partial charge is 0.374 e. The summed E-state index contributed by atoms with van der Waals surface area (Å²) in [5.41, 5.74) is -1.79. The molecule has 0 N–H and O–H groups in total. The molecule has 1 atom stereocenters. The van der Waals surface area contributed by atoms with Crippen LogP contribution in [0.15, 0.2) is 60.8 Å². The molecule has 0 aromatic rings. The zero-order chi connectivity index (χ0) is 19.3. The third kappa shape index (κ3) is 5.48. The summed E-state index contributed by atoms with van der Waals surface area (Å²) in [6.07, 6.45) is 2.26. The predicted octanol–water partition coefficient (Wildman–Crippen LogP) is 6.12. The molecule has 1 nitrogen and oxygen atoms in total. The number of hydrogen-bond donors (Lipinski definition) is 0. The van der Waals surface area contributed by atoms with Gasteiger partial charge in [0.2, 0.25) is 0 Å². The highest BCUT2D eigenvalue weighted by molar-refractivity contribution is 5.44. The van der Waals surface area contributed by atoms with Gasteiger partial charge < -0.3 is 4.74 Å². The molecule has 0 saturated heterocycles. The van der Waals surface area contributed by atoms with Crippen LogP contribution in [0.25, 0.3) is 0 Å². The normalized spacial score (nSPS) is 14.0. The molecule has 0 spiro atoms. The summed E-state index contributed by atoms with van der Waals surface area (Å²) in [5, 5.41) is 0. The van der Waals surface area contributed by atoms with Crippen molar-refractivity contribution in [2.24, 2.45) is 5.92 Å². The fraction of sp³-hybridized carbons (Fsp3) is 0.474. The van der Waals surface area contributed by atoms with Gasteiger partial charge in [0.1, 0.15) is 0 Å². The molecule has 24 heavy (non-hydrogen) atoms. The van der Waals surface area contributed by atoms with E-state index >= 15 is 0 Å². The lowest BCUT2D eigenvalue weighted by molar-refractivity contribution is -0.159. The van der Waals surface area contributed by atoms with Gasteiger partial charge in [0, 0.05) is 12.2 Å². The SMILES string of the molecule is C=C(/C=C\C(=C)C(C)OCC(C)C)C(=C)C(F)(F)C(F)(F)C(=C)C. The van der Waals surface area contributed by atoms with Crippen molar-refractivity contribution < 1.29 is 22.3 Å². The summed E-state index contributed by atoms with van der Waals surface area (Å²) in [7, 11) is 0. The maximum atomic E-state index is 13.9. The van der Waals surface area contributed by atoms with Crippen LogP contribution in [-0.2, 0) is 4.74 Å². The highest BCUT2D eigenvalue weighted by Crippen LogP contribution is 2.45. The standard InChI is InChI=1S/C19H26F4O/c1-12(2)11-24-17(8)15(6)10-9-14(5)16(7)19(22,23)18(20,21)13(3)4/h9-10,12,17H,3,5-7,11H2,1-2,4,8H3/b10-9-. The van der Waals surface area contributed by atoms with Crippen LogP contribution in [0, 0.1) is 5.92 Å². The van der Waals surface area contributed by atoms with Crippen LogP contribution in [0.4, 0.5) is 17.6 Å². The molecule has 136 valence electrons. The van der Waals surface area contributed by atoms with Crippen LogP contribution >= 0.6 is 0 Å². The van der Waals surface area contributed by atoms with Gasteiger partial charge in [-0.05, 0) is 36.5 Å². The molecule has 0 rings (SSSR count). The summed E-state index contributed by atoms with van der Waals surface area (Å²) in [6, 6.07) is 0. The second-order valence-corrected chi connectivity index (χ2v) is 6.21. The van der Waals surface area contributed by atoms with Crippen LogP contribution in [0.1, 0.15) is 27.7 Å². The lowest BCUT2D eigenvalue weighted by Crippen LogP contribution is -2.42. The Morgan fingerprint density at radius 3 is 1.88 bits per heavy atom. The highest BCUT2D eigenvalue weighted by Gasteiger charge is 2.58. The van der Waals surface area contributed by atoms with E-state index in [4.69, 9.17) is 4.74 Å². The second kappa shape index (κ2) is 8.47. The quantitative estimate of drug-likeness (QED) is 0.263. The number of ether oxygens (including phenoxy) is 1. The molecule has 0 aliphatic heterocycles. The molecule has 0 aromatic carbocycles. The molecule has 0 aliphatic carbocycles. The van der Waals surface area contributed by atoms with Crippen molar-refractivity contribution in [2.75, 3.05) is 6.61 Å². The average molecular weight is 346 g/mol. The first-order chi connectivity index (χ1) is 10.7. The van der Waals surface area contributed by atoms with Gasteiger partial charge in [-0.25, -0.2) is 0 Å². The summed E-state index contributed by atoms with van der Waals surface area (Å²) in [5.74, 6) is -8.53. The Bertz CT molecular complexity index is 542. The number of rotatable bonds is 10. The van der Waals surface area contributed by atoms with Crippen LogP contribution < -0.4 is 0 Å². The zero-order valence-electron chi connectivity index (χ0n) is 14.8. The van der Waals surface area contributed by atoms with Gasteiger partial charge in [-0.2, -0.15) is 17.6 Å². The molecular weight excluding hydrogens is 320 g/mol. The van der Waals surface area contributed by atoms with Crippen LogP contribution in [-0.4, -0.2) is 24.6 Å². The first-order valence-corrected chi connectivity index (χ1v) is 7.53. The molecule has 0 saturated carbocycles. The maximum absolute atomic E-state index is 13.9. The second-order valence-electron chi connectivity index (χ2n) is 6.21. The maximum Gasteiger partial charge on any atom is 0.339 e. The van der Waals surface area contributed by atoms with Gasteiger partial charge in [-0.15, -0.1) is 0 Å². The average Bonchev–Trinajstić information content (AvgIpc) is 2.48. The van der Waals surface area contributed by atoms with E-state index in [1.54, 1.807) is 6.92 Å². The Labute approximate surface area is 142 Å². The summed E-state index contributed by atoms with van der Waals surface area (Å²) < 4.78 is 60.7. The minimum Gasteiger partial charge on any atom is -0.374 e. The van der Waals surface area contributed by atoms with E-state index in [0.717, 1.165) is 6.92 Å². The van der Waals surface area contributed by atoms with Gasteiger partial charge in [-0.3, -0.25) is 0 Å². The monoisotopic (exact) mass is 346 g/mol. The molecule has 0 fully saturated rings. The van der Waals surface area contributed by atoms with E-state index in [1.807, 2.05) is 13.8 Å². The fourth-order valence-electron chi connectivity index (χ4n) is 1.55. The Kier molecular flexibility index (Phi) is 7.90. The number of alkyl halides is 4. The van der Waals surface area contributed by atoms with Gasteiger partial charge >= 0.3 is 11.8 Å². The molecule has 1 unspecified atom stereocenters. The van der Waals surface area contributed by atoms with Crippen molar-refractivity contribution in [1.29, 1.82) is 0 Å². The molecule has 0 bridgehead atoms. The van der Waals surface area contributed by atoms with Crippen LogP contribution in [0.5, 0.6) is 0 Å². The van der Waals surface area contributed by atoms with Gasteiger partial charge in [-0.1, -0.05) is 52.3 Å². The minimum absolute atomic E-state index is 0.307. The van der Waals surface area contributed by atoms with Gasteiger partial charge in [0.25, 0.3) is 0 Å². The smallest absolute Gasteiger partial charge is 0.339 e. The molecular formula is C19H26F4O. The van der Waals surface area contributed by atoms with Crippen molar-refractivity contribution in [3.63, 3.8) is 0 Å². The lowest BCUT2D eigenvalue weighted by atomic mass is 9.93. The third-order valence-electron chi connectivity index (χ3n) is 3.40. The predicted molar refractivity (Wildman–Crippen MR) is 91.5 cm³/mol. The Morgan fingerprint density at radius 1 is 0.958 bits per heavy atom. The van der Waals surface area contributed by atoms with Crippen molar-refractivity contribution >= 4 is 0 Å². The van der Waals surface area contributed by atoms with Gasteiger partial charge in [0.05, 0.1) is 6.10 Å². The summed E-state index contributed by atoms with van der Waals surface area (Å²) >= 11 is 0. The molecule has 0 radical (unpaired) electrons. The molecule has 0 aromatic heterocycles. The van der Waals surface area contributed by atoms with Crippen molar-refractivity contribution in [3.05, 3.63) is 60.8 Å². The van der Waals surface area contributed by atoms with Crippen LogP contribution in [0.3, 0.4) is 0 Å². The van der Waals surface area contributed by atoms with E-state index in [9.17, 15) is 17.6 Å². The van der Waals surface area contributed by atoms with E-state index in [1.165, 1.54) is 12.2 Å². The van der Waals surface area contributed by atoms with E-state index in [0.29, 0.717) is 18.1 Å². The summed E-state index contributed by atoms with van der Waals surface area (Å²) in [4.78, 5) is 0. The Balaban J connectivity index is 5.02. The van der Waals surface area contributed by atoms with Crippen molar-refractivity contribution in [2.45, 2.75) is 45.6 Å². The van der Waals surface area contributed by atoms with E-state index in [-0.39, 0.29) is 11.7 Å².